The zero-order valence-corrected chi connectivity index (χ0v) is 14.9. The summed E-state index contributed by atoms with van der Waals surface area (Å²) < 4.78 is 66.7. The summed E-state index contributed by atoms with van der Waals surface area (Å²) in [5.41, 5.74) is 1.95. The summed E-state index contributed by atoms with van der Waals surface area (Å²) in [5, 5.41) is 13.4. The Bertz CT molecular complexity index is 725. The van der Waals surface area contributed by atoms with E-state index >= 15 is 0 Å². The van der Waals surface area contributed by atoms with Crippen molar-refractivity contribution in [3.63, 3.8) is 0 Å². The van der Waals surface area contributed by atoms with E-state index in [-0.39, 0.29) is 18.4 Å². The van der Waals surface area contributed by atoms with Crippen molar-refractivity contribution in [3.05, 3.63) is 34.9 Å². The van der Waals surface area contributed by atoms with Gasteiger partial charge in [0.25, 0.3) is 5.92 Å². The first-order valence-corrected chi connectivity index (χ1v) is 8.35. The van der Waals surface area contributed by atoms with Crippen molar-refractivity contribution in [2.45, 2.75) is 43.4 Å². The second kappa shape index (κ2) is 7.63. The average Bonchev–Trinajstić information content (AvgIpc) is 3.37. The number of hydrogen-bond donors (Lipinski definition) is 4. The van der Waals surface area contributed by atoms with Crippen LogP contribution >= 0.6 is 0 Å². The molecule has 1 fully saturated rings. The van der Waals surface area contributed by atoms with Gasteiger partial charge in [0.05, 0.1) is 24.3 Å². The molecule has 0 spiro atoms. The van der Waals surface area contributed by atoms with Crippen LogP contribution in [0.4, 0.5) is 22.0 Å². The molecule has 1 saturated carbocycles. The third kappa shape index (κ3) is 5.16. The molecule has 28 heavy (non-hydrogen) atoms. The molecule has 156 valence electrons. The molecule has 1 aliphatic carbocycles. The van der Waals surface area contributed by atoms with Gasteiger partial charge in [0.15, 0.2) is 0 Å². The Morgan fingerprint density at radius 2 is 1.75 bits per heavy atom. The van der Waals surface area contributed by atoms with Crippen LogP contribution in [0.3, 0.4) is 0 Å². The number of carbonyl (C=O) groups excluding carboxylic acids is 2. The first-order chi connectivity index (χ1) is 12.8. The summed E-state index contributed by atoms with van der Waals surface area (Å²) in [6.07, 6.45) is -4.30. The number of nitrogens with one attached hydrogen (secondary N) is 2. The van der Waals surface area contributed by atoms with Crippen LogP contribution in [0.15, 0.2) is 18.2 Å². The zero-order chi connectivity index (χ0) is 21.3. The minimum Gasteiger partial charge on any atom is -0.394 e. The molecule has 11 heteroatoms. The zero-order valence-electron chi connectivity index (χ0n) is 14.9. The molecule has 1 atom stereocenters. The normalized spacial score (nSPS) is 17.0. The molecular formula is C17H20F5N3O3. The van der Waals surface area contributed by atoms with Crippen LogP contribution in [0.25, 0.3) is 0 Å². The van der Waals surface area contributed by atoms with Crippen molar-refractivity contribution >= 4 is 11.8 Å². The molecule has 0 aromatic heterocycles. The predicted octanol–water partition coefficient (Wildman–Crippen LogP) is 1.36. The molecule has 2 amide bonds. The van der Waals surface area contributed by atoms with Gasteiger partial charge in [-0.25, -0.2) is 8.78 Å². The number of nitrogens with two attached hydrogens (primary N) is 1. The lowest BCUT2D eigenvalue weighted by molar-refractivity contribution is -0.137. The van der Waals surface area contributed by atoms with Crippen LogP contribution in [0.5, 0.6) is 0 Å². The number of benzene rings is 1. The average molecular weight is 409 g/mol. The quantitative estimate of drug-likeness (QED) is 0.511. The molecule has 1 aromatic rings. The van der Waals surface area contributed by atoms with Gasteiger partial charge in [-0.15, -0.1) is 0 Å². The highest BCUT2D eigenvalue weighted by Gasteiger charge is 2.47. The SMILES string of the molecule is CC(F)(F)c1cc(C(F)(F)F)cc(C2(NC(=O)CNC(=O)C(N)CO)CC2)c1. The third-order valence-electron chi connectivity index (χ3n) is 4.41. The van der Waals surface area contributed by atoms with Crippen LogP contribution in [0.2, 0.25) is 0 Å². The molecule has 0 saturated heterocycles. The second-order valence-corrected chi connectivity index (χ2v) is 6.82. The van der Waals surface area contributed by atoms with Crippen molar-refractivity contribution in [2.24, 2.45) is 5.73 Å². The van der Waals surface area contributed by atoms with Gasteiger partial charge in [-0.1, -0.05) is 0 Å². The molecule has 2 rings (SSSR count). The number of aliphatic hydroxyl groups is 1. The molecule has 0 aliphatic heterocycles. The topological polar surface area (TPSA) is 104 Å². The maximum atomic E-state index is 13.7. The third-order valence-corrected chi connectivity index (χ3v) is 4.41. The first-order valence-electron chi connectivity index (χ1n) is 8.35. The highest BCUT2D eigenvalue weighted by atomic mass is 19.4. The number of hydrogen-bond acceptors (Lipinski definition) is 4. The fourth-order valence-corrected chi connectivity index (χ4v) is 2.62. The minimum absolute atomic E-state index is 0.0782. The van der Waals surface area contributed by atoms with Crippen molar-refractivity contribution in [1.82, 2.24) is 10.6 Å². The van der Waals surface area contributed by atoms with E-state index in [4.69, 9.17) is 10.8 Å². The molecule has 0 heterocycles. The van der Waals surface area contributed by atoms with Crippen molar-refractivity contribution in [3.8, 4) is 0 Å². The largest absolute Gasteiger partial charge is 0.416 e. The van der Waals surface area contributed by atoms with Crippen LogP contribution in [-0.4, -0.2) is 36.1 Å². The fourth-order valence-electron chi connectivity index (χ4n) is 2.62. The number of aliphatic hydroxyl groups excluding tert-OH is 1. The van der Waals surface area contributed by atoms with E-state index in [0.29, 0.717) is 13.0 Å². The second-order valence-electron chi connectivity index (χ2n) is 6.82. The number of halogens is 5. The molecular weight excluding hydrogens is 389 g/mol. The Labute approximate surface area is 157 Å². The summed E-state index contributed by atoms with van der Waals surface area (Å²) in [6, 6.07) is 0.851. The highest BCUT2D eigenvalue weighted by molar-refractivity contribution is 5.87. The molecule has 0 radical (unpaired) electrons. The predicted molar refractivity (Wildman–Crippen MR) is 88.1 cm³/mol. The first kappa shape index (κ1) is 22.0. The number of amides is 2. The lowest BCUT2D eigenvalue weighted by atomic mass is 9.96. The van der Waals surface area contributed by atoms with Gasteiger partial charge in [-0.05, 0) is 36.6 Å². The van der Waals surface area contributed by atoms with E-state index in [1.165, 1.54) is 0 Å². The monoisotopic (exact) mass is 409 g/mol. The molecule has 0 bridgehead atoms. The van der Waals surface area contributed by atoms with Gasteiger partial charge in [0.2, 0.25) is 11.8 Å². The van der Waals surface area contributed by atoms with E-state index in [9.17, 15) is 31.5 Å². The van der Waals surface area contributed by atoms with E-state index in [0.717, 1.165) is 12.1 Å². The van der Waals surface area contributed by atoms with Crippen LogP contribution in [-0.2, 0) is 27.2 Å². The van der Waals surface area contributed by atoms with E-state index < -0.39 is 59.8 Å². The summed E-state index contributed by atoms with van der Waals surface area (Å²) in [4.78, 5) is 23.5. The van der Waals surface area contributed by atoms with Crippen molar-refractivity contribution in [1.29, 1.82) is 0 Å². The Balaban J connectivity index is 2.21. The molecule has 1 aliphatic rings. The van der Waals surface area contributed by atoms with Gasteiger partial charge < -0.3 is 21.5 Å². The van der Waals surface area contributed by atoms with E-state index in [1.54, 1.807) is 0 Å². The van der Waals surface area contributed by atoms with E-state index in [2.05, 4.69) is 10.6 Å². The van der Waals surface area contributed by atoms with Crippen LogP contribution in [0, 0.1) is 0 Å². The Morgan fingerprint density at radius 3 is 2.21 bits per heavy atom. The molecule has 1 aromatic carbocycles. The lowest BCUT2D eigenvalue weighted by Crippen LogP contribution is -2.48. The van der Waals surface area contributed by atoms with Gasteiger partial charge in [-0.2, -0.15) is 13.2 Å². The Morgan fingerprint density at radius 1 is 1.18 bits per heavy atom. The summed E-state index contributed by atoms with van der Waals surface area (Å²) in [7, 11) is 0. The van der Waals surface area contributed by atoms with E-state index in [1.807, 2.05) is 0 Å². The molecule has 6 nitrogen and oxygen atoms in total. The lowest BCUT2D eigenvalue weighted by Gasteiger charge is -2.22. The van der Waals surface area contributed by atoms with Crippen LogP contribution < -0.4 is 16.4 Å². The Hall–Kier alpha value is -2.27. The summed E-state index contributed by atoms with van der Waals surface area (Å²) in [6.45, 7) is -0.663. The van der Waals surface area contributed by atoms with Gasteiger partial charge in [-0.3, -0.25) is 9.59 Å². The standard InChI is InChI=1S/C17H20F5N3O3/c1-15(18,19)9-4-10(6-11(5-9)17(20,21)22)16(2-3-16)25-13(27)7-24-14(28)12(23)8-26/h4-6,12,26H,2-3,7-8,23H2,1H3,(H,24,28)(H,25,27). The van der Waals surface area contributed by atoms with Crippen molar-refractivity contribution in [2.75, 3.05) is 13.2 Å². The van der Waals surface area contributed by atoms with Crippen molar-refractivity contribution < 1.29 is 36.6 Å². The molecule has 1 unspecified atom stereocenters. The summed E-state index contributed by atoms with van der Waals surface area (Å²) in [5.74, 6) is -5.00. The number of rotatable bonds is 7. The van der Waals surface area contributed by atoms with Gasteiger partial charge >= 0.3 is 6.18 Å². The molecule has 5 N–H and O–H groups in total. The van der Waals surface area contributed by atoms with Gasteiger partial charge in [0, 0.05) is 12.5 Å². The smallest absolute Gasteiger partial charge is 0.394 e. The maximum Gasteiger partial charge on any atom is 0.416 e. The minimum atomic E-state index is -4.83. The Kier molecular flexibility index (Phi) is 6.00. The maximum absolute atomic E-state index is 13.7. The fraction of sp³-hybridized carbons (Fsp3) is 0.529. The van der Waals surface area contributed by atoms with Gasteiger partial charge in [0.1, 0.15) is 6.04 Å². The summed E-state index contributed by atoms with van der Waals surface area (Å²) >= 11 is 0. The number of alkyl halides is 5. The van der Waals surface area contributed by atoms with Crippen LogP contribution in [0.1, 0.15) is 36.5 Å². The number of carbonyl (C=O) groups is 2. The highest BCUT2D eigenvalue weighted by Crippen LogP contribution is 2.48.